The normalized spacial score (nSPS) is 14.0. The molecule has 0 aliphatic carbocycles. The molecule has 7 nitrogen and oxygen atoms in total. The third-order valence-corrected chi connectivity index (χ3v) is 7.60. The summed E-state index contributed by atoms with van der Waals surface area (Å²) < 4.78 is 12.3. The Morgan fingerprint density at radius 1 is 1.24 bits per heavy atom. The lowest BCUT2D eigenvalue weighted by molar-refractivity contribution is -0.123. The number of amides is 2. The smallest absolute Gasteiger partial charge is 0.285 e. The summed E-state index contributed by atoms with van der Waals surface area (Å²) in [5, 5.41) is 10.3. The Balaban J connectivity index is 1.50. The highest BCUT2D eigenvalue weighted by atomic mass is 79.9. The molecule has 0 radical (unpaired) electrons. The fourth-order valence-electron chi connectivity index (χ4n) is 3.48. The minimum absolute atomic E-state index is 0.186. The van der Waals surface area contributed by atoms with E-state index in [1.165, 1.54) is 7.11 Å². The Morgan fingerprint density at radius 2 is 1.97 bits per heavy atom. The van der Waals surface area contributed by atoms with Gasteiger partial charge in [0.1, 0.15) is 6.61 Å². The number of hydrogen-bond donors (Lipinski definition) is 1. The molecule has 0 bridgehead atoms. The van der Waals surface area contributed by atoms with Gasteiger partial charge in [-0.25, -0.2) is 0 Å². The van der Waals surface area contributed by atoms with Crippen LogP contribution in [-0.2, 0) is 11.4 Å². The van der Waals surface area contributed by atoms with Gasteiger partial charge >= 0.3 is 0 Å². The van der Waals surface area contributed by atoms with Gasteiger partial charge in [-0.05, 0) is 94.2 Å². The van der Waals surface area contributed by atoms with Crippen molar-refractivity contribution >= 4 is 73.7 Å². The van der Waals surface area contributed by atoms with E-state index >= 15 is 0 Å². The first-order valence-electron chi connectivity index (χ1n) is 11.0. The molecule has 0 atom stereocenters. The summed E-state index contributed by atoms with van der Waals surface area (Å²) in [5.41, 5.74) is 5.80. The topological polar surface area (TPSA) is 91.7 Å². The molecule has 0 spiro atoms. The number of benzene rings is 3. The van der Waals surface area contributed by atoms with Crippen LogP contribution < -0.4 is 14.9 Å². The Kier molecular flexibility index (Phi) is 8.74. The zero-order valence-electron chi connectivity index (χ0n) is 20.1. The molecule has 0 saturated carbocycles. The SMILES string of the molecule is COc1cc(/C=C2/SC(=S)N(NC(=O)c3ccc(C)cc3Cl)C2=O)cc(Br)c1OCc1ccc(C#N)cc1. The van der Waals surface area contributed by atoms with Crippen LogP contribution in [0.15, 0.2) is 64.0 Å². The highest BCUT2D eigenvalue weighted by molar-refractivity contribution is 9.10. The second-order valence-electron chi connectivity index (χ2n) is 8.07. The number of methoxy groups -OCH3 is 1. The number of hydrogen-bond acceptors (Lipinski definition) is 7. The van der Waals surface area contributed by atoms with E-state index in [0.717, 1.165) is 27.9 Å². The first-order chi connectivity index (χ1) is 18.2. The quantitative estimate of drug-likeness (QED) is 0.239. The van der Waals surface area contributed by atoms with E-state index in [4.69, 9.17) is 38.6 Å². The standard InChI is InChI=1S/C27H19BrClN3O4S2/c1-15-3-8-19(21(29)9-15)25(33)31-32-26(34)23(38-27(32)37)12-18-10-20(28)24(22(11-18)35-2)36-14-17-6-4-16(13-30)5-7-17/h3-12H,14H2,1-2H3,(H,31,33)/b23-12+. The Bertz CT molecular complexity index is 1520. The lowest BCUT2D eigenvalue weighted by atomic mass is 10.1. The van der Waals surface area contributed by atoms with Crippen LogP contribution in [0.1, 0.15) is 32.6 Å². The van der Waals surface area contributed by atoms with Crippen LogP contribution >= 0.6 is 51.5 Å². The van der Waals surface area contributed by atoms with Crippen LogP contribution in [0.4, 0.5) is 0 Å². The Morgan fingerprint density at radius 3 is 2.63 bits per heavy atom. The number of nitrogens with zero attached hydrogens (tertiary/aromatic N) is 2. The summed E-state index contributed by atoms with van der Waals surface area (Å²) in [6.45, 7) is 2.13. The molecule has 1 aliphatic heterocycles. The van der Waals surface area contributed by atoms with Gasteiger partial charge < -0.3 is 9.47 Å². The monoisotopic (exact) mass is 627 g/mol. The molecule has 1 aliphatic rings. The predicted molar refractivity (Wildman–Crippen MR) is 155 cm³/mol. The van der Waals surface area contributed by atoms with Gasteiger partial charge in [0.2, 0.25) is 0 Å². The molecule has 3 aromatic carbocycles. The number of nitrogens with one attached hydrogen (secondary N) is 1. The van der Waals surface area contributed by atoms with Crippen LogP contribution in [0.2, 0.25) is 5.02 Å². The van der Waals surface area contributed by atoms with Crippen molar-refractivity contribution in [3.8, 4) is 17.6 Å². The molecule has 0 aromatic heterocycles. The molecule has 192 valence electrons. The summed E-state index contributed by atoms with van der Waals surface area (Å²) in [4.78, 5) is 26.1. The van der Waals surface area contributed by atoms with Crippen molar-refractivity contribution in [3.63, 3.8) is 0 Å². The molecular weight excluding hydrogens is 610 g/mol. The van der Waals surface area contributed by atoms with E-state index in [0.29, 0.717) is 32.0 Å². The predicted octanol–water partition coefficient (Wildman–Crippen LogP) is 6.42. The van der Waals surface area contributed by atoms with Crippen LogP contribution in [0.25, 0.3) is 6.08 Å². The van der Waals surface area contributed by atoms with E-state index in [1.54, 1.807) is 48.5 Å². The molecule has 11 heteroatoms. The number of carbonyl (C=O) groups excluding carboxylic acids is 2. The maximum atomic E-state index is 13.1. The second kappa shape index (κ2) is 12.0. The first kappa shape index (κ1) is 27.7. The number of rotatable bonds is 7. The molecule has 4 rings (SSSR count). The van der Waals surface area contributed by atoms with Gasteiger partial charge in [0.05, 0.1) is 38.7 Å². The van der Waals surface area contributed by atoms with E-state index in [1.807, 2.05) is 19.1 Å². The summed E-state index contributed by atoms with van der Waals surface area (Å²) in [7, 11) is 1.52. The van der Waals surface area contributed by atoms with Gasteiger partial charge in [0.25, 0.3) is 11.8 Å². The second-order valence-corrected chi connectivity index (χ2v) is 11.0. The molecule has 0 unspecified atom stereocenters. The van der Waals surface area contributed by atoms with Gasteiger partial charge in [-0.15, -0.1) is 0 Å². The van der Waals surface area contributed by atoms with Crippen molar-refractivity contribution in [2.45, 2.75) is 13.5 Å². The molecule has 1 N–H and O–H groups in total. The van der Waals surface area contributed by atoms with Crippen molar-refractivity contribution in [2.24, 2.45) is 0 Å². The number of nitriles is 1. The number of hydrazine groups is 1. The fourth-order valence-corrected chi connectivity index (χ4v) is 5.55. The lowest BCUT2D eigenvalue weighted by Crippen LogP contribution is -2.44. The number of thioether (sulfide) groups is 1. The van der Waals surface area contributed by atoms with Crippen molar-refractivity contribution in [1.29, 1.82) is 5.26 Å². The van der Waals surface area contributed by atoms with E-state index in [9.17, 15) is 9.59 Å². The van der Waals surface area contributed by atoms with Crippen molar-refractivity contribution in [1.82, 2.24) is 10.4 Å². The van der Waals surface area contributed by atoms with Crippen molar-refractivity contribution < 1.29 is 19.1 Å². The minimum Gasteiger partial charge on any atom is -0.493 e. The zero-order chi connectivity index (χ0) is 27.4. The van der Waals surface area contributed by atoms with Crippen LogP contribution in [0, 0.1) is 18.3 Å². The third kappa shape index (κ3) is 6.19. The Labute approximate surface area is 242 Å². The van der Waals surface area contributed by atoms with Gasteiger partial charge in [0, 0.05) is 0 Å². The lowest BCUT2D eigenvalue weighted by Gasteiger charge is -2.16. The summed E-state index contributed by atoms with van der Waals surface area (Å²) in [6, 6.07) is 17.7. The van der Waals surface area contributed by atoms with Crippen LogP contribution in [0.5, 0.6) is 11.5 Å². The largest absolute Gasteiger partial charge is 0.493 e. The van der Waals surface area contributed by atoms with E-state index in [-0.39, 0.29) is 21.5 Å². The summed E-state index contributed by atoms with van der Waals surface area (Å²) in [5.74, 6) is -0.0607. The number of carbonyl (C=O) groups is 2. The van der Waals surface area contributed by atoms with Crippen LogP contribution in [-0.4, -0.2) is 28.3 Å². The minimum atomic E-state index is -0.541. The zero-order valence-corrected chi connectivity index (χ0v) is 24.1. The molecular formula is C27H19BrClN3O4S2. The van der Waals surface area contributed by atoms with E-state index < -0.39 is 11.8 Å². The fraction of sp³-hybridized carbons (Fsp3) is 0.111. The summed E-state index contributed by atoms with van der Waals surface area (Å²) >= 11 is 16.1. The molecule has 2 amide bonds. The third-order valence-electron chi connectivity index (χ3n) is 5.39. The van der Waals surface area contributed by atoms with Gasteiger partial charge in [-0.1, -0.05) is 41.6 Å². The average Bonchev–Trinajstić information content (AvgIpc) is 3.15. The van der Waals surface area contributed by atoms with Crippen molar-refractivity contribution in [3.05, 3.63) is 96.8 Å². The highest BCUT2D eigenvalue weighted by Gasteiger charge is 2.34. The number of aryl methyl sites for hydroxylation is 1. The number of thiocarbonyl (C=S) groups is 1. The van der Waals surface area contributed by atoms with Gasteiger partial charge in [-0.3, -0.25) is 15.0 Å². The number of halogens is 2. The maximum Gasteiger partial charge on any atom is 0.285 e. The Hall–Kier alpha value is -3.36. The maximum absolute atomic E-state index is 13.1. The molecule has 1 fully saturated rings. The van der Waals surface area contributed by atoms with Crippen LogP contribution in [0.3, 0.4) is 0 Å². The van der Waals surface area contributed by atoms with Crippen molar-refractivity contribution in [2.75, 3.05) is 7.11 Å². The van der Waals surface area contributed by atoms with Gasteiger partial charge in [-0.2, -0.15) is 10.3 Å². The highest BCUT2D eigenvalue weighted by Crippen LogP contribution is 2.39. The molecule has 38 heavy (non-hydrogen) atoms. The first-order valence-corrected chi connectivity index (χ1v) is 13.4. The van der Waals surface area contributed by atoms with Gasteiger partial charge in [0.15, 0.2) is 15.8 Å². The number of ether oxygens (including phenoxy) is 2. The molecule has 1 saturated heterocycles. The molecule has 1 heterocycles. The average molecular weight is 629 g/mol. The summed E-state index contributed by atoms with van der Waals surface area (Å²) in [6.07, 6.45) is 1.65. The molecule has 3 aromatic rings. The van der Waals surface area contributed by atoms with E-state index in [2.05, 4.69) is 27.4 Å².